The second kappa shape index (κ2) is 4.87. The molecule has 2 aromatic rings. The summed E-state index contributed by atoms with van der Waals surface area (Å²) in [7, 11) is 0. The molecule has 0 unspecified atom stereocenters. The quantitative estimate of drug-likeness (QED) is 0.905. The van der Waals surface area contributed by atoms with E-state index in [4.69, 9.17) is 16.1 Å². The Kier molecular flexibility index (Phi) is 3.17. The van der Waals surface area contributed by atoms with E-state index >= 15 is 0 Å². The smallest absolute Gasteiger partial charge is 0.177 e. The van der Waals surface area contributed by atoms with Crippen molar-refractivity contribution in [3.05, 3.63) is 22.7 Å². The number of fused-ring (bicyclic) bond motifs is 4. The average molecular weight is 320 g/mol. The van der Waals surface area contributed by atoms with Crippen molar-refractivity contribution in [3.63, 3.8) is 0 Å². The molecule has 3 fully saturated rings. The molecule has 1 aromatic heterocycles. The normalized spacial score (nSPS) is 29.9. The summed E-state index contributed by atoms with van der Waals surface area (Å²) in [6.07, 6.45) is 2.53. The van der Waals surface area contributed by atoms with Crippen molar-refractivity contribution in [2.45, 2.75) is 45.2 Å². The Morgan fingerprint density at radius 1 is 1.32 bits per heavy atom. The zero-order valence-corrected chi connectivity index (χ0v) is 14.1. The molecule has 0 saturated carbocycles. The van der Waals surface area contributed by atoms with Crippen LogP contribution in [0.5, 0.6) is 0 Å². The first-order chi connectivity index (χ1) is 10.5. The van der Waals surface area contributed by atoms with Gasteiger partial charge in [-0.2, -0.15) is 0 Å². The molecule has 3 aliphatic heterocycles. The summed E-state index contributed by atoms with van der Waals surface area (Å²) in [5.41, 5.74) is 1.88. The number of aryl methyl sites for hydroxylation is 1. The standard InChI is InChI=1S/C17H22ClN3O/c1-10-13(18)5-4-12-14(10)22-20-16(12)19-15-11-6-8-21(9-7-11)17(15,2)3/h4-5,11,15H,6-9H2,1-3H3,(H,19,20)/t15-/m0/s1. The lowest BCUT2D eigenvalue weighted by Gasteiger charge is -2.56. The minimum Gasteiger partial charge on any atom is -0.362 e. The van der Waals surface area contributed by atoms with Gasteiger partial charge in [0, 0.05) is 22.2 Å². The molecule has 0 aliphatic carbocycles. The third-order valence-electron chi connectivity index (χ3n) is 5.70. The topological polar surface area (TPSA) is 41.3 Å². The van der Waals surface area contributed by atoms with E-state index in [0.717, 1.165) is 27.4 Å². The number of nitrogens with one attached hydrogen (secondary N) is 1. The molecule has 5 rings (SSSR count). The monoisotopic (exact) mass is 319 g/mol. The first-order valence-electron chi connectivity index (χ1n) is 8.04. The minimum atomic E-state index is 0.147. The molecular formula is C17H22ClN3O. The van der Waals surface area contributed by atoms with Gasteiger partial charge in [0.15, 0.2) is 11.4 Å². The number of hydrogen-bond donors (Lipinski definition) is 1. The molecule has 22 heavy (non-hydrogen) atoms. The van der Waals surface area contributed by atoms with Crippen LogP contribution in [0.4, 0.5) is 5.82 Å². The number of hydrogen-bond acceptors (Lipinski definition) is 4. The highest BCUT2D eigenvalue weighted by Crippen LogP contribution is 2.41. The summed E-state index contributed by atoms with van der Waals surface area (Å²) < 4.78 is 5.54. The predicted molar refractivity (Wildman–Crippen MR) is 89.5 cm³/mol. The molecule has 3 saturated heterocycles. The van der Waals surface area contributed by atoms with Crippen molar-refractivity contribution in [1.29, 1.82) is 0 Å². The SMILES string of the molecule is Cc1c(Cl)ccc2c(N[C@H]3C4CCN(CC4)C3(C)C)noc12. The maximum Gasteiger partial charge on any atom is 0.177 e. The summed E-state index contributed by atoms with van der Waals surface area (Å²) in [5, 5.41) is 9.70. The van der Waals surface area contributed by atoms with Crippen LogP contribution in [0.15, 0.2) is 16.7 Å². The van der Waals surface area contributed by atoms with Crippen LogP contribution < -0.4 is 5.32 Å². The molecule has 118 valence electrons. The van der Waals surface area contributed by atoms with Crippen molar-refractivity contribution in [2.24, 2.45) is 5.92 Å². The van der Waals surface area contributed by atoms with E-state index in [-0.39, 0.29) is 5.54 Å². The Labute approximate surface area is 135 Å². The number of benzene rings is 1. The van der Waals surface area contributed by atoms with Crippen molar-refractivity contribution in [2.75, 3.05) is 18.4 Å². The van der Waals surface area contributed by atoms with Gasteiger partial charge in [0.1, 0.15) is 0 Å². The van der Waals surface area contributed by atoms with Gasteiger partial charge in [0.25, 0.3) is 0 Å². The first kappa shape index (κ1) is 14.3. The fraction of sp³-hybridized carbons (Fsp3) is 0.588. The molecule has 2 bridgehead atoms. The average Bonchev–Trinajstić information content (AvgIpc) is 2.91. The Bertz CT molecular complexity index is 716. The van der Waals surface area contributed by atoms with Gasteiger partial charge in [-0.25, -0.2) is 0 Å². The lowest BCUT2D eigenvalue weighted by molar-refractivity contribution is -0.0189. The van der Waals surface area contributed by atoms with Gasteiger partial charge in [-0.05, 0) is 64.8 Å². The molecule has 0 radical (unpaired) electrons. The highest BCUT2D eigenvalue weighted by molar-refractivity contribution is 6.32. The molecule has 1 atom stereocenters. The van der Waals surface area contributed by atoms with E-state index in [2.05, 4.69) is 29.2 Å². The van der Waals surface area contributed by atoms with Crippen LogP contribution in [-0.2, 0) is 0 Å². The van der Waals surface area contributed by atoms with E-state index in [1.165, 1.54) is 25.9 Å². The van der Waals surface area contributed by atoms with Crippen LogP contribution in [0.25, 0.3) is 11.0 Å². The van der Waals surface area contributed by atoms with Crippen molar-refractivity contribution < 1.29 is 4.52 Å². The number of rotatable bonds is 2. The molecule has 1 N–H and O–H groups in total. The van der Waals surface area contributed by atoms with E-state index in [0.29, 0.717) is 12.0 Å². The third kappa shape index (κ3) is 1.97. The first-order valence-corrected chi connectivity index (χ1v) is 8.42. The van der Waals surface area contributed by atoms with E-state index in [1.807, 2.05) is 19.1 Å². The van der Waals surface area contributed by atoms with Crippen molar-refractivity contribution in [3.8, 4) is 0 Å². The summed E-state index contributed by atoms with van der Waals surface area (Å²) in [6, 6.07) is 4.32. The molecular weight excluding hydrogens is 298 g/mol. The number of halogens is 1. The number of nitrogens with zero attached hydrogens (tertiary/aromatic N) is 2. The highest BCUT2D eigenvalue weighted by atomic mass is 35.5. The molecule has 4 heterocycles. The predicted octanol–water partition coefficient (Wildman–Crippen LogP) is 4.07. The van der Waals surface area contributed by atoms with E-state index in [9.17, 15) is 0 Å². The summed E-state index contributed by atoms with van der Waals surface area (Å²) in [4.78, 5) is 2.59. The summed E-state index contributed by atoms with van der Waals surface area (Å²) in [6.45, 7) is 9.06. The van der Waals surface area contributed by atoms with Crippen LogP contribution in [-0.4, -0.2) is 34.7 Å². The second-order valence-corrected chi connectivity index (χ2v) is 7.59. The Hall–Kier alpha value is -1.26. The largest absolute Gasteiger partial charge is 0.362 e. The second-order valence-electron chi connectivity index (χ2n) is 7.18. The lowest BCUT2D eigenvalue weighted by atomic mass is 9.72. The minimum absolute atomic E-state index is 0.147. The summed E-state index contributed by atoms with van der Waals surface area (Å²) >= 11 is 6.17. The van der Waals surface area contributed by atoms with Crippen LogP contribution in [0, 0.1) is 12.8 Å². The maximum atomic E-state index is 6.17. The van der Waals surface area contributed by atoms with E-state index in [1.54, 1.807) is 0 Å². The van der Waals surface area contributed by atoms with Crippen molar-refractivity contribution in [1.82, 2.24) is 10.1 Å². The van der Waals surface area contributed by atoms with Gasteiger partial charge >= 0.3 is 0 Å². The van der Waals surface area contributed by atoms with Crippen LogP contribution in [0.1, 0.15) is 32.3 Å². The highest BCUT2D eigenvalue weighted by Gasteiger charge is 2.47. The van der Waals surface area contributed by atoms with Gasteiger partial charge < -0.3 is 9.84 Å². The van der Waals surface area contributed by atoms with Crippen LogP contribution in [0.2, 0.25) is 5.02 Å². The fourth-order valence-corrected chi connectivity index (χ4v) is 4.39. The molecule has 3 aliphatic rings. The summed E-state index contributed by atoms with van der Waals surface area (Å²) in [5.74, 6) is 1.56. The number of piperidine rings is 3. The van der Waals surface area contributed by atoms with Crippen LogP contribution in [0.3, 0.4) is 0 Å². The van der Waals surface area contributed by atoms with E-state index < -0.39 is 0 Å². The number of anilines is 1. The van der Waals surface area contributed by atoms with Gasteiger partial charge in [0.05, 0.1) is 5.39 Å². The van der Waals surface area contributed by atoms with Crippen molar-refractivity contribution >= 4 is 28.4 Å². The maximum absolute atomic E-state index is 6.17. The van der Waals surface area contributed by atoms with Crippen LogP contribution >= 0.6 is 11.6 Å². The fourth-order valence-electron chi connectivity index (χ4n) is 4.24. The van der Waals surface area contributed by atoms with Gasteiger partial charge in [-0.3, -0.25) is 4.90 Å². The Morgan fingerprint density at radius 3 is 2.73 bits per heavy atom. The molecule has 0 spiro atoms. The molecule has 4 nitrogen and oxygen atoms in total. The third-order valence-corrected chi connectivity index (χ3v) is 6.11. The molecule has 0 amide bonds. The molecule has 1 aromatic carbocycles. The lowest BCUT2D eigenvalue weighted by Crippen LogP contribution is -2.66. The zero-order valence-electron chi connectivity index (χ0n) is 13.3. The number of aromatic nitrogens is 1. The Balaban J connectivity index is 1.70. The van der Waals surface area contributed by atoms with Gasteiger partial charge in [0.2, 0.25) is 0 Å². The van der Waals surface area contributed by atoms with Gasteiger partial charge in [-0.1, -0.05) is 16.8 Å². The Morgan fingerprint density at radius 2 is 2.05 bits per heavy atom. The zero-order chi connectivity index (χ0) is 15.5. The molecule has 5 heteroatoms. The van der Waals surface area contributed by atoms with Gasteiger partial charge in [-0.15, -0.1) is 0 Å².